The molecular formula is C4H7MnNO4. The van der Waals surface area contributed by atoms with Crippen LogP contribution in [0.3, 0.4) is 0 Å². The first-order valence-electron chi connectivity index (χ1n) is 2.24. The maximum Gasteiger partial charge on any atom is 0.321 e. The number of nitrogens with two attached hydrogens (primary N) is 1. The Bertz CT molecular complexity index is 137. The fourth-order valence-corrected chi connectivity index (χ4v) is 0.275. The number of carbonyl (C=O) groups is 2. The van der Waals surface area contributed by atoms with Crippen molar-refractivity contribution >= 4 is 11.9 Å². The number of rotatable bonds is 3. The van der Waals surface area contributed by atoms with Gasteiger partial charge in [0.05, 0.1) is 6.42 Å². The number of carboxylic acid groups (broad SMARTS) is 2. The minimum atomic E-state index is -1.29. The molecule has 0 amide bonds. The Morgan fingerprint density at radius 2 is 1.80 bits per heavy atom. The third-order valence-corrected chi connectivity index (χ3v) is 0.712. The molecule has 1 atom stereocenters. The van der Waals surface area contributed by atoms with Gasteiger partial charge in [0.15, 0.2) is 0 Å². The molecule has 0 aromatic carbocycles. The molecule has 0 aliphatic rings. The van der Waals surface area contributed by atoms with E-state index in [2.05, 4.69) is 0 Å². The zero-order valence-corrected chi connectivity index (χ0v) is 6.13. The molecule has 0 rings (SSSR count). The van der Waals surface area contributed by atoms with Crippen LogP contribution in [0.5, 0.6) is 0 Å². The van der Waals surface area contributed by atoms with Crippen LogP contribution in [-0.4, -0.2) is 28.2 Å². The van der Waals surface area contributed by atoms with E-state index in [0.717, 1.165) is 0 Å². The fraction of sp³-hybridized carbons (Fsp3) is 0.500. The first kappa shape index (κ1) is 12.1. The molecule has 0 saturated heterocycles. The van der Waals surface area contributed by atoms with E-state index in [1.54, 1.807) is 0 Å². The van der Waals surface area contributed by atoms with Crippen LogP contribution in [0, 0.1) is 0 Å². The van der Waals surface area contributed by atoms with Crippen LogP contribution in [0.15, 0.2) is 0 Å². The second kappa shape index (κ2) is 5.22. The smallest absolute Gasteiger partial charge is 0.321 e. The molecular weight excluding hydrogens is 181 g/mol. The van der Waals surface area contributed by atoms with Crippen LogP contribution in [-0.2, 0) is 26.7 Å². The molecule has 0 aromatic rings. The summed E-state index contributed by atoms with van der Waals surface area (Å²) >= 11 is 0. The second-order valence-electron chi connectivity index (χ2n) is 1.54. The molecule has 0 saturated carbocycles. The van der Waals surface area contributed by atoms with Crippen molar-refractivity contribution < 1.29 is 36.9 Å². The third-order valence-electron chi connectivity index (χ3n) is 0.712. The molecule has 10 heavy (non-hydrogen) atoms. The summed E-state index contributed by atoms with van der Waals surface area (Å²) in [5.74, 6) is -2.50. The normalized spacial score (nSPS) is 11.3. The van der Waals surface area contributed by atoms with Gasteiger partial charge in [-0.05, 0) is 0 Å². The van der Waals surface area contributed by atoms with Crippen molar-refractivity contribution in [1.29, 1.82) is 0 Å². The summed E-state index contributed by atoms with van der Waals surface area (Å²) in [6.45, 7) is 0. The van der Waals surface area contributed by atoms with E-state index in [-0.39, 0.29) is 17.1 Å². The first-order chi connectivity index (χ1) is 4.04. The van der Waals surface area contributed by atoms with Gasteiger partial charge in [-0.15, -0.1) is 0 Å². The van der Waals surface area contributed by atoms with Gasteiger partial charge in [-0.1, -0.05) is 0 Å². The summed E-state index contributed by atoms with van der Waals surface area (Å²) in [6.07, 6.45) is -0.532. The van der Waals surface area contributed by atoms with Gasteiger partial charge < -0.3 is 15.9 Å². The van der Waals surface area contributed by atoms with Crippen molar-refractivity contribution in [3.05, 3.63) is 0 Å². The van der Waals surface area contributed by atoms with Crippen LogP contribution < -0.4 is 5.73 Å². The molecule has 0 unspecified atom stereocenters. The quantitative estimate of drug-likeness (QED) is 0.486. The van der Waals surface area contributed by atoms with Crippen molar-refractivity contribution in [2.75, 3.05) is 0 Å². The molecule has 6 heteroatoms. The van der Waals surface area contributed by atoms with Gasteiger partial charge in [0.1, 0.15) is 6.04 Å². The zero-order chi connectivity index (χ0) is 7.44. The average Bonchev–Trinajstić information content (AvgIpc) is 1.63. The Hall–Kier alpha value is -0.581. The van der Waals surface area contributed by atoms with E-state index < -0.39 is 24.4 Å². The molecule has 1 radical (unpaired) electrons. The largest absolute Gasteiger partial charge is 0.481 e. The summed E-state index contributed by atoms with van der Waals surface area (Å²) in [7, 11) is 0. The third kappa shape index (κ3) is 5.55. The molecule has 0 spiro atoms. The van der Waals surface area contributed by atoms with E-state index in [1.165, 1.54) is 0 Å². The van der Waals surface area contributed by atoms with Crippen molar-refractivity contribution in [1.82, 2.24) is 0 Å². The fourth-order valence-electron chi connectivity index (χ4n) is 0.275. The number of carboxylic acids is 2. The average molecular weight is 188 g/mol. The molecule has 59 valence electrons. The van der Waals surface area contributed by atoms with E-state index in [4.69, 9.17) is 15.9 Å². The Morgan fingerprint density at radius 1 is 1.40 bits per heavy atom. The summed E-state index contributed by atoms with van der Waals surface area (Å²) in [6, 6.07) is -1.29. The van der Waals surface area contributed by atoms with Gasteiger partial charge in [0.25, 0.3) is 0 Å². The Balaban J connectivity index is 0. The number of hydrogen-bond acceptors (Lipinski definition) is 3. The van der Waals surface area contributed by atoms with Crippen molar-refractivity contribution in [2.24, 2.45) is 5.73 Å². The van der Waals surface area contributed by atoms with Crippen LogP contribution >= 0.6 is 0 Å². The Kier molecular flexibility index (Phi) is 6.34. The minimum Gasteiger partial charge on any atom is -0.481 e. The van der Waals surface area contributed by atoms with Gasteiger partial charge in [-0.25, -0.2) is 0 Å². The minimum absolute atomic E-state index is 0. The number of hydrogen-bond donors (Lipinski definition) is 3. The van der Waals surface area contributed by atoms with Crippen LogP contribution in [0.4, 0.5) is 0 Å². The predicted molar refractivity (Wildman–Crippen MR) is 27.9 cm³/mol. The van der Waals surface area contributed by atoms with E-state index in [0.29, 0.717) is 0 Å². The Morgan fingerprint density at radius 3 is 1.90 bits per heavy atom. The van der Waals surface area contributed by atoms with E-state index in [9.17, 15) is 9.59 Å². The summed E-state index contributed by atoms with van der Waals surface area (Å²) in [5.41, 5.74) is 4.84. The molecule has 0 aliphatic heterocycles. The zero-order valence-electron chi connectivity index (χ0n) is 4.95. The van der Waals surface area contributed by atoms with Gasteiger partial charge in [-0.3, -0.25) is 9.59 Å². The predicted octanol–water partition coefficient (Wildman–Crippen LogP) is -1.13. The summed E-state index contributed by atoms with van der Waals surface area (Å²) in [5, 5.41) is 16.0. The van der Waals surface area contributed by atoms with E-state index in [1.807, 2.05) is 0 Å². The monoisotopic (exact) mass is 188 g/mol. The summed E-state index contributed by atoms with van der Waals surface area (Å²) in [4.78, 5) is 19.6. The Labute approximate surface area is 67.7 Å². The van der Waals surface area contributed by atoms with Gasteiger partial charge >= 0.3 is 11.9 Å². The summed E-state index contributed by atoms with van der Waals surface area (Å²) < 4.78 is 0. The van der Waals surface area contributed by atoms with Crippen molar-refractivity contribution in [3.63, 3.8) is 0 Å². The maximum absolute atomic E-state index is 9.85. The molecule has 4 N–H and O–H groups in total. The van der Waals surface area contributed by atoms with Crippen molar-refractivity contribution in [3.8, 4) is 0 Å². The van der Waals surface area contributed by atoms with Crippen LogP contribution in [0.25, 0.3) is 0 Å². The van der Waals surface area contributed by atoms with Crippen LogP contribution in [0.1, 0.15) is 6.42 Å². The maximum atomic E-state index is 9.85. The van der Waals surface area contributed by atoms with E-state index >= 15 is 0 Å². The second-order valence-corrected chi connectivity index (χ2v) is 1.54. The van der Waals surface area contributed by atoms with Crippen molar-refractivity contribution in [2.45, 2.75) is 12.5 Å². The topological polar surface area (TPSA) is 101 Å². The molecule has 0 aromatic heterocycles. The molecule has 0 heterocycles. The van der Waals surface area contributed by atoms with Gasteiger partial charge in [0, 0.05) is 17.1 Å². The molecule has 0 fully saturated rings. The molecule has 5 nitrogen and oxygen atoms in total. The van der Waals surface area contributed by atoms with Gasteiger partial charge in [0.2, 0.25) is 0 Å². The molecule has 0 bridgehead atoms. The number of aliphatic carboxylic acids is 2. The van der Waals surface area contributed by atoms with Crippen LogP contribution in [0.2, 0.25) is 0 Å². The standard InChI is InChI=1S/C4H7NO4.Mn/c5-2(4(8)9)1-3(6)7;/h2H,1,5H2,(H,6,7)(H,8,9);/t2-;/m0./s1. The SMILES string of the molecule is N[C@@H](CC(=O)O)C(=O)O.[Mn]. The molecule has 0 aliphatic carbocycles. The first-order valence-corrected chi connectivity index (χ1v) is 2.24. The van der Waals surface area contributed by atoms with Gasteiger partial charge in [-0.2, -0.15) is 0 Å².